The van der Waals surface area contributed by atoms with Crippen LogP contribution in [0.25, 0.3) is 0 Å². The fourth-order valence-corrected chi connectivity index (χ4v) is 4.30. The Labute approximate surface area is 197 Å². The number of nitrogens with zero attached hydrogens (tertiary/aromatic N) is 4. The molecular formula is C22H21ClN4O5S. The summed E-state index contributed by atoms with van der Waals surface area (Å²) in [6.07, 6.45) is 1.09. The molecule has 0 spiro atoms. The van der Waals surface area contributed by atoms with Crippen molar-refractivity contribution in [1.29, 1.82) is 0 Å². The van der Waals surface area contributed by atoms with Crippen molar-refractivity contribution >= 4 is 45.9 Å². The first-order chi connectivity index (χ1) is 15.7. The fraction of sp³-hybridized carbons (Fsp3) is 0.227. The number of hydrogen-bond donors (Lipinski definition) is 1. The average Bonchev–Trinajstić information content (AvgIpc) is 3.36. The first kappa shape index (κ1) is 22.8. The van der Waals surface area contributed by atoms with Crippen molar-refractivity contribution in [3.63, 3.8) is 0 Å². The number of anilines is 2. The van der Waals surface area contributed by atoms with Crippen LogP contribution in [-0.4, -0.2) is 43.1 Å². The molecule has 11 heteroatoms. The molecule has 172 valence electrons. The van der Waals surface area contributed by atoms with E-state index >= 15 is 0 Å². The van der Waals surface area contributed by atoms with Crippen LogP contribution in [0.2, 0.25) is 5.02 Å². The van der Waals surface area contributed by atoms with Gasteiger partial charge in [-0.2, -0.15) is 0 Å². The molecule has 1 aromatic heterocycles. The van der Waals surface area contributed by atoms with Gasteiger partial charge in [-0.3, -0.25) is 9.69 Å². The Morgan fingerprint density at radius 1 is 1.18 bits per heavy atom. The van der Waals surface area contributed by atoms with Gasteiger partial charge in [-0.05, 0) is 43.7 Å². The van der Waals surface area contributed by atoms with Crippen molar-refractivity contribution < 1.29 is 22.7 Å². The molecular weight excluding hydrogens is 468 g/mol. The molecule has 0 aliphatic carbocycles. The van der Waals surface area contributed by atoms with Gasteiger partial charge in [-0.25, -0.2) is 22.5 Å². The summed E-state index contributed by atoms with van der Waals surface area (Å²) < 4.78 is 31.1. The van der Waals surface area contributed by atoms with Crippen LogP contribution in [0.1, 0.15) is 27.4 Å². The Balaban J connectivity index is 1.57. The third kappa shape index (κ3) is 4.71. The van der Waals surface area contributed by atoms with E-state index in [0.717, 1.165) is 11.1 Å². The number of benzene rings is 2. The van der Waals surface area contributed by atoms with E-state index in [9.17, 15) is 18.0 Å². The number of imidazole rings is 1. The summed E-state index contributed by atoms with van der Waals surface area (Å²) in [5.41, 5.74) is 2.57. The topological polar surface area (TPSA) is 102 Å². The number of ether oxygens (including phenoxy) is 1. The fourth-order valence-electron chi connectivity index (χ4n) is 3.50. The van der Waals surface area contributed by atoms with Crippen LogP contribution in [-0.2, 0) is 22.2 Å². The van der Waals surface area contributed by atoms with Gasteiger partial charge >= 0.3 is 6.09 Å². The second kappa shape index (κ2) is 9.24. The zero-order valence-electron chi connectivity index (χ0n) is 17.9. The van der Waals surface area contributed by atoms with Crippen molar-refractivity contribution in [3.8, 4) is 0 Å². The molecule has 4 rings (SSSR count). The number of aromatic nitrogens is 2. The van der Waals surface area contributed by atoms with Crippen LogP contribution in [0.3, 0.4) is 0 Å². The number of carbonyl (C=O) groups excluding carboxylic acids is 2. The molecule has 1 saturated heterocycles. The molecule has 33 heavy (non-hydrogen) atoms. The number of aryl methyl sites for hydroxylation is 2. The summed E-state index contributed by atoms with van der Waals surface area (Å²) >= 11 is 6.44. The maximum atomic E-state index is 13.0. The van der Waals surface area contributed by atoms with Crippen molar-refractivity contribution in [3.05, 3.63) is 76.3 Å². The van der Waals surface area contributed by atoms with Crippen LogP contribution in [0, 0.1) is 13.8 Å². The van der Waals surface area contributed by atoms with Gasteiger partial charge in [-0.1, -0.05) is 35.4 Å². The van der Waals surface area contributed by atoms with Crippen molar-refractivity contribution in [2.24, 2.45) is 0 Å². The molecule has 1 fully saturated rings. The minimum absolute atomic E-state index is 0.000158. The molecule has 0 N–H and O–H groups in total. The van der Waals surface area contributed by atoms with E-state index in [2.05, 4.69) is 4.98 Å². The summed E-state index contributed by atoms with van der Waals surface area (Å²) in [4.78, 5) is 30.5. The van der Waals surface area contributed by atoms with Gasteiger partial charge in [0.05, 0.1) is 18.8 Å². The minimum atomic E-state index is -3.21. The number of rotatable bonds is 6. The molecule has 3 aromatic rings. The predicted octanol–water partition coefficient (Wildman–Crippen LogP) is 3.33. The number of amides is 2. The van der Waals surface area contributed by atoms with Crippen LogP contribution in [0.4, 0.5) is 16.2 Å². The lowest BCUT2D eigenvalue weighted by Gasteiger charge is -2.15. The smallest absolute Gasteiger partial charge is 0.414 e. The Morgan fingerprint density at radius 3 is 2.52 bits per heavy atom. The van der Waals surface area contributed by atoms with E-state index in [-0.39, 0.29) is 11.4 Å². The first-order valence-electron chi connectivity index (χ1n) is 10.1. The third-order valence-corrected chi connectivity index (χ3v) is 6.37. The summed E-state index contributed by atoms with van der Waals surface area (Å²) in [5.74, 6) is -0.225. The number of cyclic esters (lactones) is 1. The average molecular weight is 489 g/mol. The van der Waals surface area contributed by atoms with Gasteiger partial charge in [0.1, 0.15) is 18.1 Å². The molecule has 0 radical (unpaired) electrons. The van der Waals surface area contributed by atoms with Gasteiger partial charge in [0.25, 0.3) is 5.91 Å². The zero-order chi connectivity index (χ0) is 23.7. The maximum Gasteiger partial charge on any atom is 0.414 e. The second-order valence-electron chi connectivity index (χ2n) is 7.53. The monoisotopic (exact) mass is 488 g/mol. The number of carbonyl (C=O) groups is 2. The lowest BCUT2D eigenvalue weighted by molar-refractivity contribution is 0.100. The number of halogens is 1. The van der Waals surface area contributed by atoms with Crippen molar-refractivity contribution in [2.45, 2.75) is 20.4 Å². The predicted molar refractivity (Wildman–Crippen MR) is 125 cm³/mol. The number of thiol groups is 1. The highest BCUT2D eigenvalue weighted by molar-refractivity contribution is 7.75. The summed E-state index contributed by atoms with van der Waals surface area (Å²) in [6, 6.07) is 11.8. The second-order valence-corrected chi connectivity index (χ2v) is 8.82. The van der Waals surface area contributed by atoms with E-state index in [1.807, 2.05) is 6.92 Å². The molecule has 2 heterocycles. The lowest BCUT2D eigenvalue weighted by atomic mass is 10.2. The van der Waals surface area contributed by atoms with Crippen molar-refractivity contribution in [2.75, 3.05) is 22.4 Å². The Hall–Kier alpha value is -3.37. The van der Waals surface area contributed by atoms with Gasteiger partial charge in [0.2, 0.25) is 10.9 Å². The van der Waals surface area contributed by atoms with E-state index in [0.29, 0.717) is 40.5 Å². The molecule has 1 aliphatic heterocycles. The van der Waals surface area contributed by atoms with E-state index < -0.39 is 22.9 Å². The largest absolute Gasteiger partial charge is 0.447 e. The van der Waals surface area contributed by atoms with Gasteiger partial charge in [-0.15, -0.1) is 0 Å². The van der Waals surface area contributed by atoms with Crippen LogP contribution >= 0.6 is 11.6 Å². The van der Waals surface area contributed by atoms with Gasteiger partial charge in [0, 0.05) is 16.9 Å². The van der Waals surface area contributed by atoms with Crippen LogP contribution < -0.4 is 9.21 Å². The normalized spacial score (nSPS) is 13.5. The molecule has 0 unspecified atom stereocenters. The third-order valence-electron chi connectivity index (χ3n) is 5.28. The van der Waals surface area contributed by atoms with E-state index in [1.165, 1.54) is 11.1 Å². The standard InChI is InChI=1S/C22H21ClN4O5S/c1-14-3-6-17(7-4-14)27(33(30)31)21(28)20-13-25(15(2)24-20)12-16-5-8-18(11-19(16)23)26-9-10-32-22(26)29/h3-8,11,13,33H,9-10,12H2,1-2H3. The summed E-state index contributed by atoms with van der Waals surface area (Å²) in [7, 11) is -3.21. The highest BCUT2D eigenvalue weighted by Crippen LogP contribution is 2.27. The lowest BCUT2D eigenvalue weighted by Crippen LogP contribution is -2.29. The van der Waals surface area contributed by atoms with E-state index in [1.54, 1.807) is 54.0 Å². The molecule has 0 saturated carbocycles. The molecule has 2 amide bonds. The Bertz CT molecular complexity index is 1290. The SMILES string of the molecule is Cc1ccc(N(C(=O)c2cn(Cc3ccc(N4CCOC4=O)cc3Cl)c(C)n2)[SH](=O)=O)cc1. The highest BCUT2D eigenvalue weighted by atomic mass is 35.5. The van der Waals surface area contributed by atoms with Gasteiger partial charge in [0.15, 0.2) is 0 Å². The Morgan fingerprint density at radius 2 is 1.91 bits per heavy atom. The minimum Gasteiger partial charge on any atom is -0.447 e. The molecule has 0 atom stereocenters. The first-order valence-corrected chi connectivity index (χ1v) is 11.6. The summed E-state index contributed by atoms with van der Waals surface area (Å²) in [6.45, 7) is 4.68. The summed E-state index contributed by atoms with van der Waals surface area (Å²) in [5, 5.41) is 0.442. The molecule has 0 bridgehead atoms. The van der Waals surface area contributed by atoms with Gasteiger partial charge < -0.3 is 9.30 Å². The van der Waals surface area contributed by atoms with Crippen LogP contribution in [0.5, 0.6) is 0 Å². The Kier molecular flexibility index (Phi) is 6.39. The van der Waals surface area contributed by atoms with Crippen LogP contribution in [0.15, 0.2) is 48.7 Å². The maximum absolute atomic E-state index is 13.0. The quantitative estimate of drug-likeness (QED) is 0.534. The van der Waals surface area contributed by atoms with Crippen molar-refractivity contribution in [1.82, 2.24) is 9.55 Å². The molecule has 1 aliphatic rings. The van der Waals surface area contributed by atoms with E-state index in [4.69, 9.17) is 16.3 Å². The zero-order valence-corrected chi connectivity index (χ0v) is 19.5. The molecule has 9 nitrogen and oxygen atoms in total. The molecule has 2 aromatic carbocycles. The highest BCUT2D eigenvalue weighted by Gasteiger charge is 2.25. The number of hydrogen-bond acceptors (Lipinski definition) is 6.